The number of hydrogen-bond donors (Lipinski definition) is 0. The van der Waals surface area contributed by atoms with Crippen LogP contribution in [-0.4, -0.2) is 41.6 Å². The van der Waals surface area contributed by atoms with Crippen LogP contribution in [0.4, 0.5) is 5.69 Å². The van der Waals surface area contributed by atoms with E-state index in [4.69, 9.17) is 21.1 Å². The molecule has 0 N–H and O–H groups in total. The highest BCUT2D eigenvalue weighted by Crippen LogP contribution is 2.57. The topological polar surface area (TPSA) is 107 Å². The average Bonchev–Trinajstić information content (AvgIpc) is 3.50. The highest BCUT2D eigenvalue weighted by Gasteiger charge is 2.74. The summed E-state index contributed by atoms with van der Waals surface area (Å²) in [5.74, 6) is -5.62. The number of amides is 2. The molecule has 3 atom stereocenters. The standard InChI is InChI=1S/C30H22ClNO7/c1-3-38-29(37)16-8-11-18(12-9-16)32-27(35)22-23(28(32)36)30(25(33)19-6-4-5-7-20(19)26(30)34)39-24(22)17-10-13-21(31)15(2)14-17/h4-14,22-24H,3H2,1-2H3/t22-,23+,24+/m0/s1. The Morgan fingerprint density at radius 3 is 2.18 bits per heavy atom. The molecule has 2 heterocycles. The van der Waals surface area contributed by atoms with Crippen molar-refractivity contribution in [3.63, 3.8) is 0 Å². The zero-order chi connectivity index (χ0) is 27.6. The second-order valence-electron chi connectivity index (χ2n) is 9.77. The normalized spacial score (nSPS) is 22.9. The number of nitrogens with zero attached hydrogens (tertiary/aromatic N) is 1. The molecule has 0 bridgehead atoms. The third-order valence-electron chi connectivity index (χ3n) is 7.67. The number of benzene rings is 3. The molecule has 0 aromatic heterocycles. The van der Waals surface area contributed by atoms with Crippen molar-refractivity contribution in [3.05, 3.63) is 99.6 Å². The van der Waals surface area contributed by atoms with Crippen LogP contribution in [0.2, 0.25) is 5.02 Å². The molecule has 2 aliphatic heterocycles. The van der Waals surface area contributed by atoms with E-state index >= 15 is 0 Å². The summed E-state index contributed by atoms with van der Waals surface area (Å²) < 4.78 is 11.3. The van der Waals surface area contributed by atoms with Crippen LogP contribution in [-0.2, 0) is 19.1 Å². The number of esters is 1. The molecule has 3 aromatic carbocycles. The highest BCUT2D eigenvalue weighted by molar-refractivity contribution is 6.37. The quantitative estimate of drug-likeness (QED) is 0.270. The van der Waals surface area contributed by atoms with Gasteiger partial charge in [-0.05, 0) is 55.3 Å². The number of rotatable bonds is 4. The van der Waals surface area contributed by atoms with Crippen molar-refractivity contribution in [1.29, 1.82) is 0 Å². The lowest BCUT2D eigenvalue weighted by Gasteiger charge is -2.27. The van der Waals surface area contributed by atoms with Gasteiger partial charge in [0.1, 0.15) is 0 Å². The van der Waals surface area contributed by atoms with Crippen molar-refractivity contribution in [2.75, 3.05) is 11.5 Å². The van der Waals surface area contributed by atoms with Gasteiger partial charge in [0.2, 0.25) is 29.0 Å². The minimum atomic E-state index is -2.17. The molecule has 39 heavy (non-hydrogen) atoms. The fourth-order valence-corrected chi connectivity index (χ4v) is 6.00. The van der Waals surface area contributed by atoms with Gasteiger partial charge in [-0.2, -0.15) is 0 Å². The number of fused-ring (bicyclic) bond motifs is 3. The van der Waals surface area contributed by atoms with Gasteiger partial charge in [-0.15, -0.1) is 0 Å². The lowest BCUT2D eigenvalue weighted by molar-refractivity contribution is -0.127. The predicted molar refractivity (Wildman–Crippen MR) is 140 cm³/mol. The lowest BCUT2D eigenvalue weighted by atomic mass is 9.77. The number of carbonyl (C=O) groups is 5. The lowest BCUT2D eigenvalue weighted by Crippen LogP contribution is -2.51. The Labute approximate surface area is 228 Å². The summed E-state index contributed by atoms with van der Waals surface area (Å²) in [6, 6.07) is 17.2. The Hall–Kier alpha value is -4.14. The molecule has 1 spiro atoms. The summed E-state index contributed by atoms with van der Waals surface area (Å²) in [5, 5.41) is 0.501. The third kappa shape index (κ3) is 3.45. The first kappa shape index (κ1) is 25.2. The van der Waals surface area contributed by atoms with Gasteiger partial charge in [0.05, 0.1) is 35.8 Å². The molecule has 1 aliphatic carbocycles. The third-order valence-corrected chi connectivity index (χ3v) is 8.09. The summed E-state index contributed by atoms with van der Waals surface area (Å²) in [6.45, 7) is 3.67. The van der Waals surface area contributed by atoms with Crippen LogP contribution in [0, 0.1) is 18.8 Å². The van der Waals surface area contributed by atoms with Crippen LogP contribution in [0.3, 0.4) is 0 Å². The van der Waals surface area contributed by atoms with Gasteiger partial charge in [-0.1, -0.05) is 48.0 Å². The molecular formula is C30H22ClNO7. The van der Waals surface area contributed by atoms with Crippen LogP contribution >= 0.6 is 11.6 Å². The van der Waals surface area contributed by atoms with Gasteiger partial charge in [-0.25, -0.2) is 9.69 Å². The van der Waals surface area contributed by atoms with Crippen LogP contribution in [0.5, 0.6) is 0 Å². The molecule has 3 aliphatic rings. The first-order chi connectivity index (χ1) is 18.7. The molecule has 2 amide bonds. The van der Waals surface area contributed by atoms with Gasteiger partial charge >= 0.3 is 5.97 Å². The second kappa shape index (κ2) is 8.97. The first-order valence-electron chi connectivity index (χ1n) is 12.5. The van der Waals surface area contributed by atoms with E-state index in [1.165, 1.54) is 36.4 Å². The summed E-state index contributed by atoms with van der Waals surface area (Å²) >= 11 is 6.22. The number of Topliss-reactive ketones (excluding diaryl/α,β-unsaturated/α-hetero) is 2. The minimum Gasteiger partial charge on any atom is -0.462 e. The van der Waals surface area contributed by atoms with E-state index in [-0.39, 0.29) is 29.0 Å². The fraction of sp³-hybridized carbons (Fsp3) is 0.233. The van der Waals surface area contributed by atoms with Crippen molar-refractivity contribution < 1.29 is 33.4 Å². The summed E-state index contributed by atoms with van der Waals surface area (Å²) in [6.07, 6.45) is -1.05. The van der Waals surface area contributed by atoms with E-state index in [0.29, 0.717) is 16.1 Å². The van der Waals surface area contributed by atoms with E-state index in [9.17, 15) is 24.0 Å². The number of ketones is 2. The molecule has 3 aromatic rings. The number of anilines is 1. The Morgan fingerprint density at radius 1 is 0.949 bits per heavy atom. The maximum absolute atomic E-state index is 14.0. The first-order valence-corrected chi connectivity index (χ1v) is 12.9. The monoisotopic (exact) mass is 543 g/mol. The Balaban J connectivity index is 1.48. The number of hydrogen-bond acceptors (Lipinski definition) is 7. The molecule has 9 heteroatoms. The molecule has 0 saturated carbocycles. The Bertz CT molecular complexity index is 1560. The van der Waals surface area contributed by atoms with E-state index in [1.807, 2.05) is 0 Å². The number of halogens is 1. The van der Waals surface area contributed by atoms with Crippen LogP contribution in [0.15, 0.2) is 66.7 Å². The highest BCUT2D eigenvalue weighted by atomic mass is 35.5. The maximum Gasteiger partial charge on any atom is 0.338 e. The van der Waals surface area contributed by atoms with Gasteiger partial charge < -0.3 is 9.47 Å². The summed E-state index contributed by atoms with van der Waals surface area (Å²) in [5.41, 5.74) is -0.140. The predicted octanol–water partition coefficient (Wildman–Crippen LogP) is 4.52. The average molecular weight is 544 g/mol. The maximum atomic E-state index is 14.0. The Morgan fingerprint density at radius 2 is 1.59 bits per heavy atom. The van der Waals surface area contributed by atoms with Crippen molar-refractivity contribution in [1.82, 2.24) is 0 Å². The number of carbonyl (C=O) groups excluding carboxylic acids is 5. The molecular weight excluding hydrogens is 522 g/mol. The zero-order valence-electron chi connectivity index (χ0n) is 21.0. The fourth-order valence-electron chi connectivity index (χ4n) is 5.88. The van der Waals surface area contributed by atoms with Crippen molar-refractivity contribution in [2.24, 2.45) is 11.8 Å². The molecule has 6 rings (SSSR count). The molecule has 2 saturated heterocycles. The van der Waals surface area contributed by atoms with Gasteiger partial charge in [0, 0.05) is 16.1 Å². The number of aryl methyl sites for hydroxylation is 1. The van der Waals surface area contributed by atoms with Crippen LogP contribution in [0.25, 0.3) is 0 Å². The van der Waals surface area contributed by atoms with Gasteiger partial charge in [-0.3, -0.25) is 19.2 Å². The summed E-state index contributed by atoms with van der Waals surface area (Å²) in [4.78, 5) is 68.8. The van der Waals surface area contributed by atoms with Crippen LogP contribution < -0.4 is 4.90 Å². The van der Waals surface area contributed by atoms with Gasteiger partial charge in [0.15, 0.2) is 0 Å². The van der Waals surface area contributed by atoms with Crippen molar-refractivity contribution in [3.8, 4) is 0 Å². The van der Waals surface area contributed by atoms with E-state index in [2.05, 4.69) is 0 Å². The van der Waals surface area contributed by atoms with Crippen molar-refractivity contribution in [2.45, 2.75) is 25.6 Å². The van der Waals surface area contributed by atoms with E-state index in [1.54, 1.807) is 44.2 Å². The van der Waals surface area contributed by atoms with E-state index in [0.717, 1.165) is 4.90 Å². The van der Waals surface area contributed by atoms with E-state index < -0.39 is 52.9 Å². The van der Waals surface area contributed by atoms with Gasteiger partial charge in [0.25, 0.3) is 0 Å². The summed E-state index contributed by atoms with van der Waals surface area (Å²) in [7, 11) is 0. The van der Waals surface area contributed by atoms with Crippen molar-refractivity contribution >= 4 is 46.6 Å². The Kier molecular flexibility index (Phi) is 5.78. The molecule has 2 fully saturated rings. The number of ether oxygens (including phenoxy) is 2. The molecule has 196 valence electrons. The molecule has 0 unspecified atom stereocenters. The second-order valence-corrected chi connectivity index (χ2v) is 10.2. The molecule has 0 radical (unpaired) electrons. The zero-order valence-corrected chi connectivity index (χ0v) is 21.7. The number of imide groups is 1. The largest absolute Gasteiger partial charge is 0.462 e. The molecule has 8 nitrogen and oxygen atoms in total. The minimum absolute atomic E-state index is 0.159. The smallest absolute Gasteiger partial charge is 0.338 e. The van der Waals surface area contributed by atoms with Crippen LogP contribution in [0.1, 0.15) is 55.2 Å². The SMILES string of the molecule is CCOC(=O)c1ccc(N2C(=O)[C@@H]3[C@@H](c4ccc(Cl)c(C)c4)OC4(C(=O)c5ccccc5C4=O)[C@H]3C2=O)cc1.